The highest BCUT2D eigenvalue weighted by molar-refractivity contribution is 7.89. The number of halogens is 3. The summed E-state index contributed by atoms with van der Waals surface area (Å²) in [6.45, 7) is 3.85. The van der Waals surface area contributed by atoms with Crippen molar-refractivity contribution in [3.05, 3.63) is 83.3 Å². The normalized spacial score (nSPS) is 18.2. The van der Waals surface area contributed by atoms with Gasteiger partial charge in [0.25, 0.3) is 10.0 Å². The number of carbonyl (C=O) groups is 1. The molecular weight excluding hydrogens is 583 g/mol. The quantitative estimate of drug-likeness (QED) is 0.248. The Hall–Kier alpha value is -3.64. The lowest BCUT2D eigenvalue weighted by atomic mass is 9.77. The second-order valence-electron chi connectivity index (χ2n) is 12.0. The predicted octanol–water partition coefficient (Wildman–Crippen LogP) is 6.17. The maximum Gasteiger partial charge on any atom is 0.389 e. The lowest BCUT2D eigenvalue weighted by Gasteiger charge is -2.39. The van der Waals surface area contributed by atoms with Gasteiger partial charge in [-0.15, -0.1) is 0 Å². The molecule has 3 N–H and O–H groups in total. The number of aliphatic hydroxyl groups is 1. The van der Waals surface area contributed by atoms with Crippen LogP contribution in [0.25, 0.3) is 11.4 Å². The Morgan fingerprint density at radius 1 is 1.02 bits per heavy atom. The zero-order valence-corrected chi connectivity index (χ0v) is 25.1. The van der Waals surface area contributed by atoms with Gasteiger partial charge in [-0.2, -0.15) is 13.2 Å². The van der Waals surface area contributed by atoms with Crippen LogP contribution in [0.1, 0.15) is 57.1 Å². The van der Waals surface area contributed by atoms with Crippen molar-refractivity contribution < 1.29 is 36.2 Å². The third-order valence-electron chi connectivity index (χ3n) is 7.67. The zero-order valence-electron chi connectivity index (χ0n) is 24.3. The van der Waals surface area contributed by atoms with Crippen LogP contribution >= 0.6 is 0 Å². The molecule has 8 nitrogen and oxygen atoms in total. The number of ether oxygens (including phenoxy) is 1. The highest BCUT2D eigenvalue weighted by Gasteiger charge is 2.45. The van der Waals surface area contributed by atoms with E-state index in [4.69, 9.17) is 9.88 Å². The standard InChI is InChI=1S/C31H36F3N3O5S/c1-29(2,17-22-9-11-23(12-10-22)27-36-26(20-37(27)3)43(35,40)41)18-24-25(38)19-30(42-28(24)39,15-16-31(32,33)34)14-13-21-7-5-4-6-8-21/h4-12,20,38H,13-19H2,1-3H3,(H2,35,40,41)/t30-/m0/s1. The van der Waals surface area contributed by atoms with Crippen LogP contribution in [0.3, 0.4) is 0 Å². The van der Waals surface area contributed by atoms with Crippen molar-refractivity contribution in [1.82, 2.24) is 9.55 Å². The number of aliphatic hydroxyl groups excluding tert-OH is 1. The summed E-state index contributed by atoms with van der Waals surface area (Å²) in [6, 6.07) is 16.5. The number of cyclic esters (lactones) is 1. The van der Waals surface area contributed by atoms with Crippen LogP contribution in [0.2, 0.25) is 0 Å². The SMILES string of the molecule is Cn1cc(S(N)(=O)=O)nc1-c1ccc(CC(C)(C)CC2=C(O)C[C@](CCc3ccccc3)(CCC(F)(F)F)OC2=O)cc1. The molecule has 1 aliphatic heterocycles. The molecule has 12 heteroatoms. The van der Waals surface area contributed by atoms with Crippen LogP contribution in [0.15, 0.2) is 77.2 Å². The maximum atomic E-state index is 13.2. The molecule has 0 spiro atoms. The summed E-state index contributed by atoms with van der Waals surface area (Å²) in [5.74, 6) is -0.589. The summed E-state index contributed by atoms with van der Waals surface area (Å²) in [7, 11) is -2.28. The molecule has 0 amide bonds. The van der Waals surface area contributed by atoms with Gasteiger partial charge >= 0.3 is 12.1 Å². The molecule has 0 saturated carbocycles. The van der Waals surface area contributed by atoms with E-state index < -0.39 is 46.0 Å². The summed E-state index contributed by atoms with van der Waals surface area (Å²) >= 11 is 0. The minimum Gasteiger partial charge on any atom is -0.512 e. The Bertz CT molecular complexity index is 1600. The van der Waals surface area contributed by atoms with Crippen LogP contribution in [0.5, 0.6) is 0 Å². The van der Waals surface area contributed by atoms with Gasteiger partial charge in [-0.3, -0.25) is 0 Å². The van der Waals surface area contributed by atoms with E-state index in [-0.39, 0.29) is 35.6 Å². The van der Waals surface area contributed by atoms with Crippen LogP contribution in [-0.2, 0) is 39.4 Å². The van der Waals surface area contributed by atoms with Crippen molar-refractivity contribution in [3.63, 3.8) is 0 Å². The van der Waals surface area contributed by atoms with Crippen LogP contribution in [0, 0.1) is 5.41 Å². The smallest absolute Gasteiger partial charge is 0.389 e. The van der Waals surface area contributed by atoms with Gasteiger partial charge in [-0.1, -0.05) is 68.4 Å². The van der Waals surface area contributed by atoms with E-state index in [1.165, 1.54) is 6.20 Å². The van der Waals surface area contributed by atoms with E-state index in [9.17, 15) is 31.5 Å². The second kappa shape index (κ2) is 12.2. The molecule has 0 bridgehead atoms. The fourth-order valence-corrected chi connectivity index (χ4v) is 6.02. The van der Waals surface area contributed by atoms with E-state index in [1.807, 2.05) is 56.3 Å². The number of esters is 1. The lowest BCUT2D eigenvalue weighted by molar-refractivity contribution is -0.173. The molecule has 43 heavy (non-hydrogen) atoms. The predicted molar refractivity (Wildman–Crippen MR) is 155 cm³/mol. The molecule has 1 aliphatic rings. The molecule has 0 saturated heterocycles. The average molecular weight is 620 g/mol. The molecular formula is C31H36F3N3O5S. The Morgan fingerprint density at radius 2 is 1.67 bits per heavy atom. The van der Waals surface area contributed by atoms with Crippen molar-refractivity contribution in [2.75, 3.05) is 0 Å². The van der Waals surface area contributed by atoms with Gasteiger partial charge in [0.2, 0.25) is 0 Å². The molecule has 0 fully saturated rings. The molecule has 2 aromatic carbocycles. The number of hydrogen-bond donors (Lipinski definition) is 2. The van der Waals surface area contributed by atoms with Gasteiger partial charge in [0, 0.05) is 31.6 Å². The number of rotatable bonds is 11. The van der Waals surface area contributed by atoms with E-state index >= 15 is 0 Å². The Labute approximate surface area is 249 Å². The van der Waals surface area contributed by atoms with Crippen LogP contribution in [-0.4, -0.2) is 40.8 Å². The number of benzene rings is 2. The summed E-state index contributed by atoms with van der Waals surface area (Å²) < 4.78 is 70.2. The van der Waals surface area contributed by atoms with Gasteiger partial charge in [-0.05, 0) is 48.6 Å². The van der Waals surface area contributed by atoms with E-state index in [2.05, 4.69) is 4.98 Å². The highest BCUT2D eigenvalue weighted by atomic mass is 32.2. The minimum atomic E-state index is -4.43. The number of aryl methyl sites for hydroxylation is 2. The molecule has 1 atom stereocenters. The molecule has 2 heterocycles. The zero-order chi connectivity index (χ0) is 31.6. The van der Waals surface area contributed by atoms with Crippen LogP contribution in [0.4, 0.5) is 13.2 Å². The van der Waals surface area contributed by atoms with Crippen molar-refractivity contribution in [2.45, 2.75) is 75.6 Å². The number of imidazole rings is 1. The van der Waals surface area contributed by atoms with E-state index in [0.717, 1.165) is 11.1 Å². The summed E-state index contributed by atoms with van der Waals surface area (Å²) in [5, 5.41) is 16.0. The lowest BCUT2D eigenvalue weighted by Crippen LogP contribution is -2.42. The first kappa shape index (κ1) is 32.3. The fourth-order valence-electron chi connectivity index (χ4n) is 5.50. The van der Waals surface area contributed by atoms with Gasteiger partial charge in [0.1, 0.15) is 17.2 Å². The van der Waals surface area contributed by atoms with Crippen molar-refractivity contribution >= 4 is 16.0 Å². The second-order valence-corrected chi connectivity index (χ2v) is 13.6. The Kier molecular flexibility index (Phi) is 9.13. The van der Waals surface area contributed by atoms with Gasteiger partial charge in [0.15, 0.2) is 5.03 Å². The van der Waals surface area contributed by atoms with Gasteiger partial charge in [-0.25, -0.2) is 23.3 Å². The number of alkyl halides is 3. The Balaban J connectivity index is 1.49. The maximum absolute atomic E-state index is 13.2. The fraction of sp³-hybridized carbons (Fsp3) is 0.419. The number of aromatic nitrogens is 2. The molecule has 0 unspecified atom stereocenters. The molecule has 0 aliphatic carbocycles. The number of carbonyl (C=O) groups excluding carboxylic acids is 1. The number of nitrogens with zero attached hydrogens (tertiary/aromatic N) is 2. The minimum absolute atomic E-state index is 0.0764. The molecule has 0 radical (unpaired) electrons. The van der Waals surface area contributed by atoms with E-state index in [1.54, 1.807) is 23.7 Å². The largest absolute Gasteiger partial charge is 0.512 e. The summed E-state index contributed by atoms with van der Waals surface area (Å²) in [6.07, 6.45) is -3.60. The van der Waals surface area contributed by atoms with E-state index in [0.29, 0.717) is 24.2 Å². The monoisotopic (exact) mass is 619 g/mol. The number of sulfonamides is 1. The topological polar surface area (TPSA) is 125 Å². The first-order valence-corrected chi connectivity index (χ1v) is 15.4. The molecule has 1 aromatic heterocycles. The Morgan fingerprint density at radius 3 is 2.23 bits per heavy atom. The third kappa shape index (κ3) is 8.47. The molecule has 232 valence electrons. The highest BCUT2D eigenvalue weighted by Crippen LogP contribution is 2.42. The molecule has 4 rings (SSSR count). The number of nitrogens with two attached hydrogens (primary N) is 1. The first-order chi connectivity index (χ1) is 20.0. The van der Waals surface area contributed by atoms with Crippen molar-refractivity contribution in [1.29, 1.82) is 0 Å². The van der Waals surface area contributed by atoms with Crippen LogP contribution < -0.4 is 5.14 Å². The molecule has 3 aromatic rings. The van der Waals surface area contributed by atoms with Gasteiger partial charge in [0.05, 0.1) is 5.57 Å². The summed E-state index contributed by atoms with van der Waals surface area (Å²) in [4.78, 5) is 17.3. The van der Waals surface area contributed by atoms with Crippen molar-refractivity contribution in [2.24, 2.45) is 17.6 Å². The van der Waals surface area contributed by atoms with Gasteiger partial charge < -0.3 is 14.4 Å². The third-order valence-corrected chi connectivity index (χ3v) is 8.45. The average Bonchev–Trinajstić information content (AvgIpc) is 3.31. The number of primary sulfonamides is 1. The first-order valence-electron chi connectivity index (χ1n) is 13.9. The number of hydrogen-bond acceptors (Lipinski definition) is 6. The summed E-state index contributed by atoms with van der Waals surface area (Å²) in [5.41, 5.74) is 0.599. The van der Waals surface area contributed by atoms with Crippen molar-refractivity contribution in [3.8, 4) is 11.4 Å².